The van der Waals surface area contributed by atoms with Crippen LogP contribution in [-0.4, -0.2) is 65.8 Å². The number of likely N-dealkylation sites (tertiary alicyclic amines) is 1. The average molecular weight is 462 g/mol. The Balaban J connectivity index is 2.05. The maximum Gasteiger partial charge on any atom is 0.408 e. The van der Waals surface area contributed by atoms with Crippen molar-refractivity contribution in [2.24, 2.45) is 0 Å². The number of amides is 2. The number of alkyl carbamates (subject to hydrolysis) is 1. The minimum absolute atomic E-state index is 0.0479. The van der Waals surface area contributed by atoms with E-state index in [9.17, 15) is 14.4 Å². The molecule has 0 aliphatic carbocycles. The molecule has 0 saturated carbocycles. The van der Waals surface area contributed by atoms with Crippen molar-refractivity contribution in [1.82, 2.24) is 15.2 Å². The Morgan fingerprint density at radius 3 is 2.64 bits per heavy atom. The number of carbonyl (C=O) groups excluding carboxylic acids is 3. The first-order chi connectivity index (χ1) is 15.5. The predicted molar refractivity (Wildman–Crippen MR) is 123 cm³/mol. The molecular formula is C24H35N3O6. The van der Waals surface area contributed by atoms with Gasteiger partial charge in [-0.2, -0.15) is 0 Å². The Morgan fingerprint density at radius 2 is 2.06 bits per heavy atom. The van der Waals surface area contributed by atoms with Crippen LogP contribution in [0, 0.1) is 0 Å². The molecule has 2 rings (SSSR count). The number of nitrogens with one attached hydrogen (secondary N) is 1. The Morgan fingerprint density at radius 1 is 1.33 bits per heavy atom. The second-order valence-electron chi connectivity index (χ2n) is 8.95. The summed E-state index contributed by atoms with van der Waals surface area (Å²) in [6, 6.07) is 2.92. The van der Waals surface area contributed by atoms with Crippen molar-refractivity contribution in [3.8, 4) is 5.88 Å². The molecule has 9 nitrogen and oxygen atoms in total. The third-order valence-corrected chi connectivity index (χ3v) is 5.14. The highest BCUT2D eigenvalue weighted by Gasteiger charge is 2.38. The zero-order valence-electron chi connectivity index (χ0n) is 20.3. The molecule has 0 spiro atoms. The number of aromatic nitrogens is 1. The quantitative estimate of drug-likeness (QED) is 0.444. The van der Waals surface area contributed by atoms with Crippen LogP contribution in [0.3, 0.4) is 0 Å². The summed E-state index contributed by atoms with van der Waals surface area (Å²) in [6.45, 7) is 9.68. The summed E-state index contributed by atoms with van der Waals surface area (Å²) >= 11 is 0. The number of rotatable bonds is 9. The van der Waals surface area contributed by atoms with Gasteiger partial charge in [-0.15, -0.1) is 0 Å². The van der Waals surface area contributed by atoms with Gasteiger partial charge in [-0.3, -0.25) is 9.59 Å². The number of methoxy groups -OCH3 is 1. The van der Waals surface area contributed by atoms with Crippen molar-refractivity contribution < 1.29 is 28.6 Å². The number of allylic oxidation sites excluding steroid dienone is 1. The molecule has 9 heteroatoms. The zero-order chi connectivity index (χ0) is 24.6. The second-order valence-corrected chi connectivity index (χ2v) is 8.95. The lowest BCUT2D eigenvalue weighted by Gasteiger charge is -2.22. The highest BCUT2D eigenvalue weighted by molar-refractivity contribution is 5.88. The lowest BCUT2D eigenvalue weighted by atomic mass is 9.96. The Kier molecular flexibility index (Phi) is 9.25. The largest absolute Gasteiger partial charge is 0.481 e. The summed E-state index contributed by atoms with van der Waals surface area (Å²) in [5, 5.41) is 2.66. The van der Waals surface area contributed by atoms with Crippen LogP contribution in [0.25, 0.3) is 0 Å². The fourth-order valence-electron chi connectivity index (χ4n) is 3.59. The number of esters is 1. The monoisotopic (exact) mass is 461 g/mol. The topological polar surface area (TPSA) is 107 Å². The number of pyridine rings is 1. The van der Waals surface area contributed by atoms with Gasteiger partial charge in [0.1, 0.15) is 11.6 Å². The van der Waals surface area contributed by atoms with Crippen molar-refractivity contribution in [1.29, 1.82) is 0 Å². The lowest BCUT2D eigenvalue weighted by molar-refractivity contribution is -0.143. The molecule has 0 unspecified atom stereocenters. The fraction of sp³-hybridized carbons (Fsp3) is 0.583. The molecule has 3 atom stereocenters. The molecule has 182 valence electrons. The van der Waals surface area contributed by atoms with Crippen LogP contribution in [0.2, 0.25) is 0 Å². The summed E-state index contributed by atoms with van der Waals surface area (Å²) in [5.74, 6) is -0.245. The van der Waals surface area contributed by atoms with E-state index in [4.69, 9.17) is 14.2 Å². The standard InChI is InChI=1S/C24H35N3O6/c1-7-32-21(28)14-17(18-10-11-20(31-6)25-15-18)9-8-12-27-16(2)13-19(22(27)29)26-23(30)33-24(3,4)5/h8-11,15-17,19H,7,12-14H2,1-6H3,(H,26,30)/t16-,17+,19+/m1/s1. The van der Waals surface area contributed by atoms with Crippen LogP contribution in [0.5, 0.6) is 5.88 Å². The molecule has 1 aliphatic heterocycles. The predicted octanol–water partition coefficient (Wildman–Crippen LogP) is 3.20. The van der Waals surface area contributed by atoms with E-state index in [1.54, 1.807) is 44.9 Å². The second kappa shape index (κ2) is 11.7. The Bertz CT molecular complexity index is 847. The molecule has 2 heterocycles. The molecule has 1 N–H and O–H groups in total. The van der Waals surface area contributed by atoms with E-state index >= 15 is 0 Å². The Labute approximate surface area is 195 Å². The summed E-state index contributed by atoms with van der Waals surface area (Å²) in [7, 11) is 1.54. The van der Waals surface area contributed by atoms with E-state index in [-0.39, 0.29) is 30.3 Å². The van der Waals surface area contributed by atoms with Crippen molar-refractivity contribution in [2.75, 3.05) is 20.3 Å². The molecule has 1 fully saturated rings. The van der Waals surface area contributed by atoms with Crippen molar-refractivity contribution in [3.05, 3.63) is 36.0 Å². The Hall–Kier alpha value is -3.10. The maximum absolute atomic E-state index is 12.8. The molecule has 2 amide bonds. The summed E-state index contributed by atoms with van der Waals surface area (Å²) in [4.78, 5) is 42.9. The molecule has 1 saturated heterocycles. The molecule has 1 aromatic heterocycles. The highest BCUT2D eigenvalue weighted by Crippen LogP contribution is 2.24. The van der Waals surface area contributed by atoms with Gasteiger partial charge < -0.3 is 24.4 Å². The maximum atomic E-state index is 12.8. The van der Waals surface area contributed by atoms with Crippen LogP contribution in [0.1, 0.15) is 58.9 Å². The molecular weight excluding hydrogens is 426 g/mol. The van der Waals surface area contributed by atoms with E-state index in [0.717, 1.165) is 5.56 Å². The van der Waals surface area contributed by atoms with Gasteiger partial charge in [0.15, 0.2) is 0 Å². The summed E-state index contributed by atoms with van der Waals surface area (Å²) in [5.41, 5.74) is 0.203. The number of nitrogens with zero attached hydrogens (tertiary/aromatic N) is 2. The van der Waals surface area contributed by atoms with Gasteiger partial charge in [-0.1, -0.05) is 18.2 Å². The van der Waals surface area contributed by atoms with Gasteiger partial charge in [0, 0.05) is 30.8 Å². The van der Waals surface area contributed by atoms with Gasteiger partial charge >= 0.3 is 12.1 Å². The van der Waals surface area contributed by atoms with Crippen molar-refractivity contribution in [3.63, 3.8) is 0 Å². The number of carbonyl (C=O) groups is 3. The van der Waals surface area contributed by atoms with Crippen LogP contribution in [0.4, 0.5) is 4.79 Å². The molecule has 1 aliphatic rings. The van der Waals surface area contributed by atoms with Gasteiger partial charge in [0.05, 0.1) is 20.1 Å². The van der Waals surface area contributed by atoms with E-state index in [0.29, 0.717) is 25.5 Å². The first kappa shape index (κ1) is 26.2. The normalized spacial score (nSPS) is 19.5. The van der Waals surface area contributed by atoms with E-state index in [2.05, 4.69) is 10.3 Å². The van der Waals surface area contributed by atoms with E-state index in [1.165, 1.54) is 7.11 Å². The molecule has 0 bridgehead atoms. The number of hydrogen-bond acceptors (Lipinski definition) is 7. The van der Waals surface area contributed by atoms with E-state index < -0.39 is 17.7 Å². The number of hydrogen-bond donors (Lipinski definition) is 1. The van der Waals surface area contributed by atoms with Crippen LogP contribution < -0.4 is 10.1 Å². The van der Waals surface area contributed by atoms with Crippen molar-refractivity contribution >= 4 is 18.0 Å². The fourth-order valence-corrected chi connectivity index (χ4v) is 3.59. The van der Waals surface area contributed by atoms with Crippen molar-refractivity contribution in [2.45, 2.75) is 71.1 Å². The first-order valence-electron chi connectivity index (χ1n) is 11.2. The molecule has 0 aromatic carbocycles. The third-order valence-electron chi connectivity index (χ3n) is 5.14. The van der Waals surface area contributed by atoms with Gasteiger partial charge in [-0.25, -0.2) is 9.78 Å². The minimum atomic E-state index is -0.635. The molecule has 1 aromatic rings. The van der Waals surface area contributed by atoms with Gasteiger partial charge in [0.2, 0.25) is 11.8 Å². The SMILES string of the molecule is CCOC(=O)C[C@H](C=CCN1C(=O)[C@@H](NC(=O)OC(C)(C)C)C[C@H]1C)c1ccc(OC)nc1. The van der Waals surface area contributed by atoms with E-state index in [1.807, 2.05) is 25.1 Å². The first-order valence-corrected chi connectivity index (χ1v) is 11.2. The smallest absolute Gasteiger partial charge is 0.408 e. The van der Waals surface area contributed by atoms with Gasteiger partial charge in [-0.05, 0) is 46.6 Å². The average Bonchev–Trinajstić information content (AvgIpc) is 2.99. The van der Waals surface area contributed by atoms with Crippen LogP contribution >= 0.6 is 0 Å². The highest BCUT2D eigenvalue weighted by atomic mass is 16.6. The van der Waals surface area contributed by atoms with Crippen LogP contribution in [-0.2, 0) is 19.1 Å². The molecule has 33 heavy (non-hydrogen) atoms. The number of ether oxygens (including phenoxy) is 3. The third kappa shape index (κ3) is 8.07. The lowest BCUT2D eigenvalue weighted by Crippen LogP contribution is -2.43. The van der Waals surface area contributed by atoms with Crippen LogP contribution in [0.15, 0.2) is 30.5 Å². The molecule has 0 radical (unpaired) electrons. The zero-order valence-corrected chi connectivity index (χ0v) is 20.3. The summed E-state index contributed by atoms with van der Waals surface area (Å²) in [6.07, 6.45) is 5.46. The van der Waals surface area contributed by atoms with Gasteiger partial charge in [0.25, 0.3) is 0 Å². The summed E-state index contributed by atoms with van der Waals surface area (Å²) < 4.78 is 15.5. The minimum Gasteiger partial charge on any atom is -0.481 e.